The summed E-state index contributed by atoms with van der Waals surface area (Å²) in [5.74, 6) is 0. The van der Waals surface area contributed by atoms with Crippen LogP contribution in [0.5, 0.6) is 0 Å². The third-order valence-electron chi connectivity index (χ3n) is 4.84. The molecule has 2 atom stereocenters. The van der Waals surface area contributed by atoms with Gasteiger partial charge in [-0.15, -0.1) is 0 Å². The van der Waals surface area contributed by atoms with Gasteiger partial charge in [-0.3, -0.25) is 0 Å². The Morgan fingerprint density at radius 1 is 1.21 bits per heavy atom. The van der Waals surface area contributed by atoms with Crippen LogP contribution in [0.1, 0.15) is 65.2 Å². The Kier molecular flexibility index (Phi) is 5.67. The minimum absolute atomic E-state index is 0.0593. The van der Waals surface area contributed by atoms with Crippen molar-refractivity contribution in [3.8, 4) is 0 Å². The fourth-order valence-corrected chi connectivity index (χ4v) is 3.26. The van der Waals surface area contributed by atoms with Gasteiger partial charge < -0.3 is 15.3 Å². The summed E-state index contributed by atoms with van der Waals surface area (Å²) in [6, 6.07) is 1.42. The first-order valence-corrected chi connectivity index (χ1v) is 8.25. The number of hydrogen-bond acceptors (Lipinski definition) is 3. The largest absolute Gasteiger partial charge is 0.394 e. The molecule has 0 aromatic heterocycles. The molecule has 2 unspecified atom stereocenters. The van der Waals surface area contributed by atoms with Gasteiger partial charge >= 0.3 is 0 Å². The number of aliphatic hydroxyl groups excluding tert-OH is 1. The zero-order valence-electron chi connectivity index (χ0n) is 12.8. The lowest BCUT2D eigenvalue weighted by molar-refractivity contribution is 0.148. The highest BCUT2D eigenvalue weighted by Gasteiger charge is 2.31. The first-order chi connectivity index (χ1) is 9.13. The Morgan fingerprint density at radius 2 is 2.00 bits per heavy atom. The highest BCUT2D eigenvalue weighted by atomic mass is 16.3. The Balaban J connectivity index is 1.71. The van der Waals surface area contributed by atoms with Crippen molar-refractivity contribution in [2.75, 3.05) is 19.7 Å². The molecule has 2 fully saturated rings. The molecule has 1 heterocycles. The summed E-state index contributed by atoms with van der Waals surface area (Å²) < 4.78 is 0. The van der Waals surface area contributed by atoms with E-state index in [0.29, 0.717) is 6.04 Å². The van der Waals surface area contributed by atoms with Gasteiger partial charge in [0.15, 0.2) is 0 Å². The predicted octanol–water partition coefficient (Wildman–Crippen LogP) is 2.53. The topological polar surface area (TPSA) is 35.5 Å². The van der Waals surface area contributed by atoms with Crippen molar-refractivity contribution in [3.05, 3.63) is 0 Å². The van der Waals surface area contributed by atoms with E-state index in [1.807, 2.05) is 0 Å². The van der Waals surface area contributed by atoms with Crippen LogP contribution < -0.4 is 5.32 Å². The van der Waals surface area contributed by atoms with Gasteiger partial charge in [0.25, 0.3) is 0 Å². The van der Waals surface area contributed by atoms with Gasteiger partial charge in [0.1, 0.15) is 0 Å². The van der Waals surface area contributed by atoms with Gasteiger partial charge in [0, 0.05) is 17.6 Å². The van der Waals surface area contributed by atoms with Gasteiger partial charge in [0.05, 0.1) is 6.61 Å². The Labute approximate surface area is 118 Å². The van der Waals surface area contributed by atoms with E-state index >= 15 is 0 Å². The molecule has 112 valence electrons. The molecule has 2 N–H and O–H groups in total. The van der Waals surface area contributed by atoms with E-state index in [9.17, 15) is 5.11 Å². The normalized spacial score (nSPS) is 28.9. The van der Waals surface area contributed by atoms with E-state index in [-0.39, 0.29) is 12.1 Å². The van der Waals surface area contributed by atoms with Crippen LogP contribution in [0.4, 0.5) is 0 Å². The Morgan fingerprint density at radius 3 is 2.68 bits per heavy atom. The van der Waals surface area contributed by atoms with Crippen molar-refractivity contribution in [2.45, 2.75) is 82.8 Å². The number of aliphatic hydroxyl groups is 1. The maximum atomic E-state index is 9.62. The van der Waals surface area contributed by atoms with E-state index < -0.39 is 0 Å². The molecule has 19 heavy (non-hydrogen) atoms. The predicted molar refractivity (Wildman–Crippen MR) is 80.4 cm³/mol. The molecule has 1 aliphatic carbocycles. The number of rotatable bonds is 7. The second kappa shape index (κ2) is 7.05. The van der Waals surface area contributed by atoms with Crippen LogP contribution >= 0.6 is 0 Å². The number of likely N-dealkylation sites (tertiary alicyclic amines) is 1. The lowest BCUT2D eigenvalue weighted by atomic mass is 9.96. The minimum Gasteiger partial charge on any atom is -0.394 e. The molecule has 2 aliphatic rings. The average Bonchev–Trinajstić information content (AvgIpc) is 3.20. The molecule has 0 amide bonds. The van der Waals surface area contributed by atoms with Gasteiger partial charge in [-0.2, -0.15) is 0 Å². The van der Waals surface area contributed by atoms with Gasteiger partial charge in [-0.25, -0.2) is 0 Å². The first-order valence-electron chi connectivity index (χ1n) is 8.25. The summed E-state index contributed by atoms with van der Waals surface area (Å²) in [7, 11) is 0. The van der Waals surface area contributed by atoms with E-state index in [0.717, 1.165) is 12.5 Å². The van der Waals surface area contributed by atoms with Gasteiger partial charge in [-0.05, 0) is 65.5 Å². The summed E-state index contributed by atoms with van der Waals surface area (Å²) in [6.45, 7) is 7.28. The molecular formula is C16H32N2O. The maximum Gasteiger partial charge on any atom is 0.0610 e. The molecule has 0 spiro atoms. The number of hydrogen-bond donors (Lipinski definition) is 2. The van der Waals surface area contributed by atoms with Crippen LogP contribution in [0.3, 0.4) is 0 Å². The molecular weight excluding hydrogens is 236 g/mol. The molecule has 2 rings (SSSR count). The fraction of sp³-hybridized carbons (Fsp3) is 1.00. The molecule has 0 aromatic carbocycles. The third-order valence-corrected chi connectivity index (χ3v) is 4.84. The zero-order chi connectivity index (χ0) is 13.7. The van der Waals surface area contributed by atoms with Crippen molar-refractivity contribution in [2.24, 2.45) is 0 Å². The SMILES string of the molecule is CC1CCCCCN1CCCC(C)(CO)NC1CC1. The highest BCUT2D eigenvalue weighted by molar-refractivity contribution is 4.92. The molecule has 0 bridgehead atoms. The fourth-order valence-electron chi connectivity index (χ4n) is 3.26. The monoisotopic (exact) mass is 268 g/mol. The lowest BCUT2D eigenvalue weighted by Gasteiger charge is -2.32. The van der Waals surface area contributed by atoms with E-state index in [4.69, 9.17) is 0 Å². The Bertz CT molecular complexity index is 267. The van der Waals surface area contributed by atoms with Crippen molar-refractivity contribution in [3.63, 3.8) is 0 Å². The van der Waals surface area contributed by atoms with E-state index in [1.54, 1.807) is 0 Å². The molecule has 1 aliphatic heterocycles. The van der Waals surface area contributed by atoms with Crippen LogP contribution in [0.2, 0.25) is 0 Å². The van der Waals surface area contributed by atoms with Crippen LogP contribution in [0.15, 0.2) is 0 Å². The average molecular weight is 268 g/mol. The molecule has 0 aromatic rings. The first kappa shape index (κ1) is 15.3. The molecule has 0 radical (unpaired) electrons. The number of nitrogens with one attached hydrogen (secondary N) is 1. The van der Waals surface area contributed by atoms with Crippen LogP contribution in [0.25, 0.3) is 0 Å². The molecule has 3 nitrogen and oxygen atoms in total. The summed E-state index contributed by atoms with van der Waals surface area (Å²) in [5, 5.41) is 13.2. The van der Waals surface area contributed by atoms with Crippen LogP contribution in [0, 0.1) is 0 Å². The summed E-state index contributed by atoms with van der Waals surface area (Å²) in [6.07, 6.45) is 10.4. The van der Waals surface area contributed by atoms with E-state index in [1.165, 1.54) is 58.0 Å². The summed E-state index contributed by atoms with van der Waals surface area (Å²) in [4.78, 5) is 2.65. The summed E-state index contributed by atoms with van der Waals surface area (Å²) in [5.41, 5.74) is -0.0593. The van der Waals surface area contributed by atoms with E-state index in [2.05, 4.69) is 24.1 Å². The summed E-state index contributed by atoms with van der Waals surface area (Å²) >= 11 is 0. The van der Waals surface area contributed by atoms with Crippen molar-refractivity contribution in [1.29, 1.82) is 0 Å². The lowest BCUT2D eigenvalue weighted by Crippen LogP contribution is -2.47. The van der Waals surface area contributed by atoms with Crippen LogP contribution in [-0.2, 0) is 0 Å². The van der Waals surface area contributed by atoms with Crippen LogP contribution in [-0.4, -0.2) is 47.3 Å². The maximum absolute atomic E-state index is 9.62. The Hall–Kier alpha value is -0.120. The van der Waals surface area contributed by atoms with Crippen molar-refractivity contribution >= 4 is 0 Å². The quantitative estimate of drug-likeness (QED) is 0.745. The van der Waals surface area contributed by atoms with Crippen molar-refractivity contribution in [1.82, 2.24) is 10.2 Å². The van der Waals surface area contributed by atoms with Crippen molar-refractivity contribution < 1.29 is 5.11 Å². The minimum atomic E-state index is -0.0593. The highest BCUT2D eigenvalue weighted by Crippen LogP contribution is 2.25. The standard InChI is InChI=1S/C16H32N2O/c1-14-7-4-3-5-11-18(14)12-6-10-16(2,13-19)17-15-8-9-15/h14-15,17,19H,3-13H2,1-2H3. The van der Waals surface area contributed by atoms with Gasteiger partial charge in [0.2, 0.25) is 0 Å². The smallest absolute Gasteiger partial charge is 0.0610 e. The molecule has 1 saturated carbocycles. The third kappa shape index (κ3) is 5.05. The second-order valence-electron chi connectivity index (χ2n) is 6.98. The molecule has 3 heteroatoms. The van der Waals surface area contributed by atoms with Gasteiger partial charge in [-0.1, -0.05) is 12.8 Å². The number of nitrogens with zero attached hydrogens (tertiary/aromatic N) is 1. The zero-order valence-corrected chi connectivity index (χ0v) is 12.8. The molecule has 1 saturated heterocycles. The second-order valence-corrected chi connectivity index (χ2v) is 6.98.